The second-order valence-electron chi connectivity index (χ2n) is 5.71. The zero-order valence-electron chi connectivity index (χ0n) is 15.5. The highest BCUT2D eigenvalue weighted by Gasteiger charge is 2.18. The SMILES string of the molecule is CCN(CC)C(=O)CN(C)C(=O)CSc1nnc(-c2ccncc2)n1C. The van der Waals surface area contributed by atoms with Gasteiger partial charge in [0.1, 0.15) is 0 Å². The average molecular weight is 376 g/mol. The number of carbonyl (C=O) groups is 2. The molecular weight excluding hydrogens is 352 g/mol. The molecule has 0 fully saturated rings. The number of hydrogen-bond acceptors (Lipinski definition) is 6. The molecule has 2 heterocycles. The van der Waals surface area contributed by atoms with E-state index < -0.39 is 0 Å². The molecule has 0 aromatic carbocycles. The lowest BCUT2D eigenvalue weighted by atomic mass is 10.2. The molecule has 0 saturated carbocycles. The maximum atomic E-state index is 12.3. The summed E-state index contributed by atoms with van der Waals surface area (Å²) in [6.45, 7) is 5.22. The lowest BCUT2D eigenvalue weighted by Crippen LogP contribution is -2.41. The van der Waals surface area contributed by atoms with E-state index in [0.717, 1.165) is 5.56 Å². The van der Waals surface area contributed by atoms with Crippen molar-refractivity contribution < 1.29 is 9.59 Å². The lowest BCUT2D eigenvalue weighted by Gasteiger charge is -2.23. The van der Waals surface area contributed by atoms with E-state index in [0.29, 0.717) is 24.1 Å². The summed E-state index contributed by atoms with van der Waals surface area (Å²) in [5.41, 5.74) is 0.912. The summed E-state index contributed by atoms with van der Waals surface area (Å²) in [5.74, 6) is 0.746. The summed E-state index contributed by atoms with van der Waals surface area (Å²) in [6.07, 6.45) is 3.39. The molecule has 0 radical (unpaired) electrons. The highest BCUT2D eigenvalue weighted by Crippen LogP contribution is 2.22. The number of likely N-dealkylation sites (N-methyl/N-ethyl adjacent to an activating group) is 2. The van der Waals surface area contributed by atoms with Crippen LogP contribution < -0.4 is 0 Å². The van der Waals surface area contributed by atoms with Crippen LogP contribution in [0.4, 0.5) is 0 Å². The number of thioether (sulfide) groups is 1. The normalized spacial score (nSPS) is 10.6. The quantitative estimate of drug-likeness (QED) is 0.646. The number of rotatable bonds is 8. The first-order valence-electron chi connectivity index (χ1n) is 8.42. The average Bonchev–Trinajstić information content (AvgIpc) is 3.02. The van der Waals surface area contributed by atoms with E-state index in [9.17, 15) is 9.59 Å². The highest BCUT2D eigenvalue weighted by atomic mass is 32.2. The third-order valence-corrected chi connectivity index (χ3v) is 5.02. The van der Waals surface area contributed by atoms with Crippen molar-refractivity contribution in [2.75, 3.05) is 32.4 Å². The lowest BCUT2D eigenvalue weighted by molar-refractivity contribution is -0.137. The fraction of sp³-hybridized carbons (Fsp3) is 0.471. The molecule has 0 unspecified atom stereocenters. The van der Waals surface area contributed by atoms with Crippen LogP contribution >= 0.6 is 11.8 Å². The van der Waals surface area contributed by atoms with Gasteiger partial charge in [0.15, 0.2) is 11.0 Å². The Balaban J connectivity index is 1.93. The zero-order valence-corrected chi connectivity index (χ0v) is 16.4. The van der Waals surface area contributed by atoms with E-state index in [1.807, 2.05) is 37.6 Å². The number of nitrogens with zero attached hydrogens (tertiary/aromatic N) is 6. The summed E-state index contributed by atoms with van der Waals surface area (Å²) in [4.78, 5) is 31.6. The van der Waals surface area contributed by atoms with Crippen molar-refractivity contribution in [3.63, 3.8) is 0 Å². The highest BCUT2D eigenvalue weighted by molar-refractivity contribution is 7.99. The van der Waals surface area contributed by atoms with E-state index in [4.69, 9.17) is 0 Å². The first kappa shape index (κ1) is 19.9. The van der Waals surface area contributed by atoms with Crippen molar-refractivity contribution in [2.24, 2.45) is 7.05 Å². The molecule has 9 heteroatoms. The summed E-state index contributed by atoms with van der Waals surface area (Å²) < 4.78 is 1.84. The maximum absolute atomic E-state index is 12.3. The molecule has 2 aromatic heterocycles. The Morgan fingerprint density at radius 1 is 1.12 bits per heavy atom. The molecule has 0 aliphatic heterocycles. The van der Waals surface area contributed by atoms with Gasteiger partial charge < -0.3 is 14.4 Å². The molecular formula is C17H24N6O2S. The summed E-state index contributed by atoms with van der Waals surface area (Å²) in [6, 6.07) is 3.71. The van der Waals surface area contributed by atoms with Gasteiger partial charge in [-0.25, -0.2) is 0 Å². The van der Waals surface area contributed by atoms with Crippen molar-refractivity contribution in [1.29, 1.82) is 0 Å². The Morgan fingerprint density at radius 2 is 1.77 bits per heavy atom. The van der Waals surface area contributed by atoms with Crippen molar-refractivity contribution in [1.82, 2.24) is 29.5 Å². The molecule has 0 aliphatic rings. The third-order valence-electron chi connectivity index (χ3n) is 4.01. The minimum Gasteiger partial charge on any atom is -0.342 e. The third kappa shape index (κ3) is 4.81. The van der Waals surface area contributed by atoms with Gasteiger partial charge in [-0.15, -0.1) is 10.2 Å². The van der Waals surface area contributed by atoms with Crippen molar-refractivity contribution >= 4 is 23.6 Å². The summed E-state index contributed by atoms with van der Waals surface area (Å²) in [7, 11) is 3.50. The molecule has 0 atom stereocenters. The molecule has 0 spiro atoms. The molecule has 2 rings (SSSR count). The van der Waals surface area contributed by atoms with Crippen molar-refractivity contribution in [2.45, 2.75) is 19.0 Å². The molecule has 2 aromatic rings. The Morgan fingerprint density at radius 3 is 2.38 bits per heavy atom. The Hall–Kier alpha value is -2.42. The first-order chi connectivity index (χ1) is 12.5. The number of carbonyl (C=O) groups excluding carboxylic acids is 2. The first-order valence-corrected chi connectivity index (χ1v) is 9.40. The van der Waals surface area contributed by atoms with Gasteiger partial charge in [-0.3, -0.25) is 14.6 Å². The predicted molar refractivity (Wildman–Crippen MR) is 101 cm³/mol. The number of hydrogen-bond donors (Lipinski definition) is 0. The zero-order chi connectivity index (χ0) is 19.1. The second kappa shape index (κ2) is 9.33. The molecule has 0 N–H and O–H groups in total. The minimum absolute atomic E-state index is 0.0468. The number of amides is 2. The standard InChI is InChI=1S/C17H24N6O2S/c1-5-23(6-2)14(24)11-21(3)15(25)12-26-17-20-19-16(22(17)4)13-7-9-18-10-8-13/h7-10H,5-6,11-12H2,1-4H3. The molecule has 26 heavy (non-hydrogen) atoms. The topological polar surface area (TPSA) is 84.2 Å². The van der Waals surface area contributed by atoms with Gasteiger partial charge >= 0.3 is 0 Å². The predicted octanol–water partition coefficient (Wildman–Crippen LogP) is 1.30. The Bertz CT molecular complexity index is 745. The second-order valence-corrected chi connectivity index (χ2v) is 6.65. The van der Waals surface area contributed by atoms with Crippen LogP contribution in [-0.4, -0.2) is 73.8 Å². The van der Waals surface area contributed by atoms with E-state index in [-0.39, 0.29) is 24.1 Å². The van der Waals surface area contributed by atoms with Crippen LogP contribution in [-0.2, 0) is 16.6 Å². The van der Waals surface area contributed by atoms with E-state index >= 15 is 0 Å². The van der Waals surface area contributed by atoms with E-state index in [1.54, 1.807) is 24.3 Å². The van der Waals surface area contributed by atoms with Crippen molar-refractivity contribution in [3.05, 3.63) is 24.5 Å². The van der Waals surface area contributed by atoms with Crippen LogP contribution in [0.3, 0.4) is 0 Å². The molecule has 0 saturated heterocycles. The summed E-state index contributed by atoms with van der Waals surface area (Å²) >= 11 is 1.30. The van der Waals surface area contributed by atoms with Gasteiger partial charge in [-0.05, 0) is 26.0 Å². The molecule has 0 bridgehead atoms. The van der Waals surface area contributed by atoms with Crippen LogP contribution in [0.25, 0.3) is 11.4 Å². The van der Waals surface area contributed by atoms with Crippen LogP contribution in [0.1, 0.15) is 13.8 Å². The Labute approximate surface area is 157 Å². The van der Waals surface area contributed by atoms with E-state index in [2.05, 4.69) is 15.2 Å². The minimum atomic E-state index is -0.121. The smallest absolute Gasteiger partial charge is 0.242 e. The summed E-state index contributed by atoms with van der Waals surface area (Å²) in [5, 5.41) is 8.98. The maximum Gasteiger partial charge on any atom is 0.242 e. The van der Waals surface area contributed by atoms with Gasteiger partial charge in [-0.2, -0.15) is 0 Å². The van der Waals surface area contributed by atoms with Gasteiger partial charge in [0.05, 0.1) is 12.3 Å². The molecule has 2 amide bonds. The fourth-order valence-electron chi connectivity index (χ4n) is 2.40. The van der Waals surface area contributed by atoms with Gasteiger partial charge in [0.2, 0.25) is 11.8 Å². The van der Waals surface area contributed by atoms with Crippen LogP contribution in [0.5, 0.6) is 0 Å². The van der Waals surface area contributed by atoms with Crippen LogP contribution in [0.15, 0.2) is 29.7 Å². The number of aromatic nitrogens is 4. The largest absolute Gasteiger partial charge is 0.342 e. The van der Waals surface area contributed by atoms with Crippen molar-refractivity contribution in [3.8, 4) is 11.4 Å². The fourth-order valence-corrected chi connectivity index (χ4v) is 3.25. The molecule has 8 nitrogen and oxygen atoms in total. The number of pyridine rings is 1. The molecule has 0 aliphatic carbocycles. The van der Waals surface area contributed by atoms with Gasteiger partial charge in [-0.1, -0.05) is 11.8 Å². The van der Waals surface area contributed by atoms with Crippen LogP contribution in [0, 0.1) is 0 Å². The Kier molecular flexibility index (Phi) is 7.14. The van der Waals surface area contributed by atoms with Gasteiger partial charge in [0.25, 0.3) is 0 Å². The van der Waals surface area contributed by atoms with E-state index in [1.165, 1.54) is 16.7 Å². The monoisotopic (exact) mass is 376 g/mol. The van der Waals surface area contributed by atoms with Gasteiger partial charge in [0, 0.05) is 45.1 Å². The molecule has 140 valence electrons. The van der Waals surface area contributed by atoms with Crippen LogP contribution in [0.2, 0.25) is 0 Å².